The van der Waals surface area contributed by atoms with Crippen molar-refractivity contribution in [1.82, 2.24) is 40.6 Å². The Kier molecular flexibility index (Phi) is 15.3. The molecule has 0 bridgehead atoms. The molecule has 5 aromatic rings. The number of fused-ring (bicyclic) bond motifs is 3. The van der Waals surface area contributed by atoms with Gasteiger partial charge in [-0.05, 0) is 80.5 Å². The largest absolute Gasteiger partial charge is 0.497 e. The van der Waals surface area contributed by atoms with E-state index in [0.717, 1.165) is 38.5 Å². The van der Waals surface area contributed by atoms with Crippen molar-refractivity contribution in [3.05, 3.63) is 111 Å². The Bertz CT molecular complexity index is 2620. The van der Waals surface area contributed by atoms with Crippen molar-refractivity contribution in [2.24, 2.45) is 16.3 Å². The molecule has 0 saturated carbocycles. The number of rotatable bonds is 16. The van der Waals surface area contributed by atoms with Crippen molar-refractivity contribution >= 4 is 52.3 Å². The number of aliphatic hydroxyl groups excluding tert-OH is 1. The molecule has 67 heavy (non-hydrogen) atoms. The van der Waals surface area contributed by atoms with E-state index < -0.39 is 41.5 Å². The third-order valence-corrected chi connectivity index (χ3v) is 13.8. The molecule has 1 saturated heterocycles. The second-order valence-corrected chi connectivity index (χ2v) is 19.8. The Balaban J connectivity index is 0.923. The molecule has 2 aliphatic heterocycles. The summed E-state index contributed by atoms with van der Waals surface area (Å²) < 4.78 is 7.53. The first-order valence-corrected chi connectivity index (χ1v) is 24.0. The number of thiazole rings is 1. The van der Waals surface area contributed by atoms with E-state index in [2.05, 4.69) is 31.1 Å². The highest BCUT2D eigenvalue weighted by Crippen LogP contribution is 2.37. The van der Waals surface area contributed by atoms with Gasteiger partial charge in [-0.1, -0.05) is 82.1 Å². The van der Waals surface area contributed by atoms with Crippen LogP contribution in [0.1, 0.15) is 113 Å². The summed E-state index contributed by atoms with van der Waals surface area (Å²) in [5, 5.41) is 29.2. The molecule has 1 fully saturated rings. The van der Waals surface area contributed by atoms with Crippen LogP contribution in [0.4, 0.5) is 0 Å². The van der Waals surface area contributed by atoms with Crippen LogP contribution >= 0.6 is 22.9 Å². The fourth-order valence-corrected chi connectivity index (χ4v) is 9.62. The zero-order chi connectivity index (χ0) is 48.2. The van der Waals surface area contributed by atoms with E-state index >= 15 is 0 Å². The number of nitrogens with one attached hydrogen (secondary N) is 3. The number of aromatic nitrogens is 4. The number of unbranched alkanes of at least 4 members (excludes halogenated alkanes) is 2. The van der Waals surface area contributed by atoms with Crippen LogP contribution in [0.3, 0.4) is 0 Å². The Hall–Kier alpha value is -5.97. The number of carbonyl (C=O) groups excluding carboxylic acids is 4. The van der Waals surface area contributed by atoms with E-state index in [1.165, 1.54) is 4.90 Å². The molecule has 0 aliphatic carbocycles. The van der Waals surface area contributed by atoms with Gasteiger partial charge < -0.3 is 30.7 Å². The highest BCUT2D eigenvalue weighted by Gasteiger charge is 2.45. The Morgan fingerprint density at radius 2 is 1.66 bits per heavy atom. The number of amides is 4. The SMILES string of the molecule is COc1ccc2c(c1)C(c1ccc(Cl)cc1)=N[C@@H]([C@@H](C)C(=O)NCCCCCC(=O)N[C@H](C(=O)N1C[C@H](O)C[C@H]1C(=O)N[C@@H](C)c1ccc(-c3scnc3C)cc1)C(C)(C)C)c1nnc(C)n1-2. The van der Waals surface area contributed by atoms with Gasteiger partial charge in [0.1, 0.15) is 29.7 Å². The number of likely N-dealkylation sites (tertiary alicyclic amines) is 1. The van der Waals surface area contributed by atoms with Gasteiger partial charge in [0.2, 0.25) is 23.6 Å². The molecule has 4 amide bonds. The van der Waals surface area contributed by atoms with Crippen LogP contribution in [0.2, 0.25) is 5.02 Å². The average Bonchev–Trinajstić information content (AvgIpc) is 4.01. The maximum atomic E-state index is 14.2. The Morgan fingerprint density at radius 3 is 2.33 bits per heavy atom. The Labute approximate surface area is 400 Å². The monoisotopic (exact) mass is 949 g/mol. The third-order valence-electron chi connectivity index (χ3n) is 12.5. The van der Waals surface area contributed by atoms with E-state index in [9.17, 15) is 24.3 Å². The molecule has 6 atom stereocenters. The minimum absolute atomic E-state index is 0.0136. The van der Waals surface area contributed by atoms with Gasteiger partial charge in [0.25, 0.3) is 0 Å². The average molecular weight is 951 g/mol. The number of methoxy groups -OCH3 is 1. The number of hydrogen-bond acceptors (Lipinski definition) is 11. The van der Waals surface area contributed by atoms with E-state index in [1.54, 1.807) is 30.6 Å². The second-order valence-electron chi connectivity index (χ2n) is 18.5. The van der Waals surface area contributed by atoms with Crippen molar-refractivity contribution < 1.29 is 29.0 Å². The normalized spacial score (nSPS) is 18.1. The van der Waals surface area contributed by atoms with Gasteiger partial charge in [-0.25, -0.2) is 4.98 Å². The van der Waals surface area contributed by atoms with E-state index in [-0.39, 0.29) is 43.1 Å². The van der Waals surface area contributed by atoms with Gasteiger partial charge in [-0.2, -0.15) is 0 Å². The highest BCUT2D eigenvalue weighted by atomic mass is 35.5. The zero-order valence-corrected chi connectivity index (χ0v) is 40.9. The molecule has 15 nitrogen and oxygen atoms in total. The molecule has 2 aliphatic rings. The highest BCUT2D eigenvalue weighted by molar-refractivity contribution is 7.13. The van der Waals surface area contributed by atoms with E-state index in [0.29, 0.717) is 53.9 Å². The van der Waals surface area contributed by atoms with Crippen molar-refractivity contribution in [2.45, 2.75) is 111 Å². The predicted octanol–water partition coefficient (Wildman–Crippen LogP) is 7.24. The summed E-state index contributed by atoms with van der Waals surface area (Å²) in [5.41, 5.74) is 7.15. The number of nitrogens with zero attached hydrogens (tertiary/aromatic N) is 6. The molecule has 2 aromatic heterocycles. The van der Waals surface area contributed by atoms with Crippen LogP contribution in [0, 0.1) is 25.2 Å². The summed E-state index contributed by atoms with van der Waals surface area (Å²) in [6.45, 7) is 13.5. The maximum Gasteiger partial charge on any atom is 0.246 e. The predicted molar refractivity (Wildman–Crippen MR) is 259 cm³/mol. The van der Waals surface area contributed by atoms with Crippen molar-refractivity contribution in [2.75, 3.05) is 20.2 Å². The van der Waals surface area contributed by atoms with Crippen molar-refractivity contribution in [3.63, 3.8) is 0 Å². The summed E-state index contributed by atoms with van der Waals surface area (Å²) in [7, 11) is 1.61. The molecule has 3 aromatic carbocycles. The number of β-amino-alcohol motifs (C(OH)–C–C–N with tert-alkyl or cyclic N) is 1. The second kappa shape index (κ2) is 20.9. The number of benzene rings is 3. The third kappa shape index (κ3) is 11.1. The van der Waals surface area contributed by atoms with Gasteiger partial charge >= 0.3 is 0 Å². The Morgan fingerprint density at radius 1 is 0.940 bits per heavy atom. The summed E-state index contributed by atoms with van der Waals surface area (Å²) >= 11 is 7.84. The lowest BCUT2D eigenvalue weighted by Gasteiger charge is -2.35. The van der Waals surface area contributed by atoms with Crippen LogP contribution in [0.5, 0.6) is 5.75 Å². The van der Waals surface area contributed by atoms with Crippen molar-refractivity contribution in [1.29, 1.82) is 0 Å². The lowest BCUT2D eigenvalue weighted by molar-refractivity contribution is -0.144. The van der Waals surface area contributed by atoms with Gasteiger partial charge in [-0.3, -0.25) is 28.7 Å². The maximum absolute atomic E-state index is 14.2. The number of aliphatic hydroxyl groups is 1. The standard InChI is InChI=1S/C50H60ClN9O6S/c1-28(42-46-58-57-31(4)60(46)39-22-21-37(66-8)25-38(39)43(56-42)33-17-19-35(51)20-18-33)47(63)52-23-11-9-10-12-41(62)55-45(50(5,6)7)49(65)59-26-36(61)24-40(59)48(64)54-29(2)32-13-15-34(16-14-32)44-30(3)53-27-67-44/h13-22,25,27-29,36,40,42,45,61H,9-12,23-24,26H2,1-8H3,(H,52,63)(H,54,64)(H,55,62)/t28-,29+,36-,40+,42+,45-/m1/s1. The number of carbonyl (C=O) groups is 4. The molecular weight excluding hydrogens is 890 g/mol. The molecule has 0 unspecified atom stereocenters. The van der Waals surface area contributed by atoms with E-state index in [4.69, 9.17) is 21.3 Å². The first-order chi connectivity index (χ1) is 31.9. The van der Waals surface area contributed by atoms with Gasteiger partial charge in [0.05, 0.1) is 52.7 Å². The smallest absolute Gasteiger partial charge is 0.246 e. The van der Waals surface area contributed by atoms with Crippen LogP contribution in [-0.2, 0) is 19.2 Å². The quantitative estimate of drug-likeness (QED) is 0.0738. The van der Waals surface area contributed by atoms with E-state index in [1.807, 2.05) is 113 Å². The first kappa shape index (κ1) is 48.9. The molecule has 4 N–H and O–H groups in total. The van der Waals surface area contributed by atoms with Crippen LogP contribution in [0.25, 0.3) is 16.1 Å². The lowest BCUT2D eigenvalue weighted by atomic mass is 9.85. The number of aliphatic imine (C=N–C) groups is 1. The number of ether oxygens (including phenoxy) is 1. The van der Waals surface area contributed by atoms with Crippen LogP contribution in [0.15, 0.2) is 77.2 Å². The fraction of sp³-hybridized carbons (Fsp3) is 0.440. The first-order valence-electron chi connectivity index (χ1n) is 22.8. The summed E-state index contributed by atoms with van der Waals surface area (Å²) in [5.74, 6) is -0.0450. The summed E-state index contributed by atoms with van der Waals surface area (Å²) in [6.07, 6.45) is 1.18. The topological polar surface area (TPSA) is 193 Å². The summed E-state index contributed by atoms with van der Waals surface area (Å²) in [4.78, 5) is 67.1. The lowest BCUT2D eigenvalue weighted by Crippen LogP contribution is -2.57. The molecule has 4 heterocycles. The molecule has 7 rings (SSSR count). The fourth-order valence-electron chi connectivity index (χ4n) is 8.69. The zero-order valence-electron chi connectivity index (χ0n) is 39.3. The van der Waals surface area contributed by atoms with Crippen LogP contribution in [-0.4, -0.2) is 97.5 Å². The summed E-state index contributed by atoms with van der Waals surface area (Å²) in [6, 6.07) is 18.2. The van der Waals surface area contributed by atoms with Gasteiger partial charge in [-0.15, -0.1) is 21.5 Å². The minimum atomic E-state index is -0.933. The van der Waals surface area contributed by atoms with Crippen molar-refractivity contribution in [3.8, 4) is 21.9 Å². The number of halogens is 1. The molecule has 0 radical (unpaired) electrons. The molecule has 354 valence electrons. The van der Waals surface area contributed by atoms with Gasteiger partial charge in [0.15, 0.2) is 5.82 Å². The molecule has 17 heteroatoms. The number of aryl methyl sites for hydroxylation is 2. The van der Waals surface area contributed by atoms with Crippen LogP contribution < -0.4 is 20.7 Å². The molecular formula is C50H60ClN9O6S. The molecule has 0 spiro atoms. The van der Waals surface area contributed by atoms with Gasteiger partial charge in [0, 0.05) is 42.1 Å². The minimum Gasteiger partial charge on any atom is -0.497 e. The number of hydrogen-bond donors (Lipinski definition) is 4.